The third-order valence-corrected chi connectivity index (χ3v) is 3.24. The van der Waals surface area contributed by atoms with Crippen LogP contribution in [-0.4, -0.2) is 28.6 Å². The van der Waals surface area contributed by atoms with Crippen molar-refractivity contribution in [3.8, 4) is 0 Å². The summed E-state index contributed by atoms with van der Waals surface area (Å²) < 4.78 is 0. The van der Waals surface area contributed by atoms with Gasteiger partial charge in [0.2, 0.25) is 5.91 Å². The first-order valence-corrected chi connectivity index (χ1v) is 6.99. The molecule has 1 atom stereocenters. The highest BCUT2D eigenvalue weighted by molar-refractivity contribution is 5.79. The van der Waals surface area contributed by atoms with E-state index in [1.54, 1.807) is 19.1 Å². The molecule has 0 saturated carbocycles. The van der Waals surface area contributed by atoms with E-state index in [9.17, 15) is 20.0 Å². The molecule has 1 aromatic rings. The second-order valence-electron chi connectivity index (χ2n) is 5.58. The van der Waals surface area contributed by atoms with Crippen LogP contribution in [0.2, 0.25) is 0 Å². The van der Waals surface area contributed by atoms with E-state index in [2.05, 4.69) is 5.32 Å². The summed E-state index contributed by atoms with van der Waals surface area (Å²) in [5.74, 6) is 0.109. The lowest BCUT2D eigenvalue weighted by Crippen LogP contribution is -2.33. The number of carbonyl (C=O) groups excluding carboxylic acids is 1. The zero-order valence-electron chi connectivity index (χ0n) is 12.6. The van der Waals surface area contributed by atoms with Crippen molar-refractivity contribution in [3.63, 3.8) is 0 Å². The first-order chi connectivity index (χ1) is 9.81. The summed E-state index contributed by atoms with van der Waals surface area (Å²) in [7, 11) is 0. The highest BCUT2D eigenvalue weighted by Crippen LogP contribution is 2.21. The largest absolute Gasteiger partial charge is 0.391 e. The Hall–Kier alpha value is -1.95. The van der Waals surface area contributed by atoms with Crippen molar-refractivity contribution >= 4 is 11.6 Å². The molecule has 0 aliphatic carbocycles. The molecule has 1 aromatic carbocycles. The van der Waals surface area contributed by atoms with Crippen LogP contribution in [0.25, 0.3) is 0 Å². The standard InChI is InChI=1S/C15H22N2O4/c1-10(2)7-13(18)9-16-15(19)8-12-5-4-6-14(11(12)3)17(20)21/h4-6,10,13,18H,7-9H2,1-3H3,(H,16,19). The van der Waals surface area contributed by atoms with Crippen molar-refractivity contribution in [2.45, 2.75) is 39.7 Å². The summed E-state index contributed by atoms with van der Waals surface area (Å²) in [6.45, 7) is 5.83. The minimum absolute atomic E-state index is 0.0140. The average Bonchev–Trinajstić information content (AvgIpc) is 2.37. The minimum Gasteiger partial charge on any atom is -0.391 e. The molecule has 116 valence electrons. The van der Waals surface area contributed by atoms with Gasteiger partial charge in [-0.1, -0.05) is 26.0 Å². The predicted octanol–water partition coefficient (Wildman–Crippen LogP) is 1.97. The second-order valence-corrected chi connectivity index (χ2v) is 5.58. The summed E-state index contributed by atoms with van der Waals surface area (Å²) in [6.07, 6.45) is 0.123. The van der Waals surface area contributed by atoms with E-state index < -0.39 is 11.0 Å². The highest BCUT2D eigenvalue weighted by atomic mass is 16.6. The van der Waals surface area contributed by atoms with Crippen molar-refractivity contribution < 1.29 is 14.8 Å². The number of aliphatic hydroxyl groups excluding tert-OH is 1. The number of carbonyl (C=O) groups is 1. The maximum absolute atomic E-state index is 11.8. The van der Waals surface area contributed by atoms with Crippen molar-refractivity contribution in [2.24, 2.45) is 5.92 Å². The molecule has 6 nitrogen and oxygen atoms in total. The third-order valence-electron chi connectivity index (χ3n) is 3.24. The molecule has 1 unspecified atom stereocenters. The number of aliphatic hydroxyl groups is 1. The Bertz CT molecular complexity index is 514. The van der Waals surface area contributed by atoms with Gasteiger partial charge in [-0.25, -0.2) is 0 Å². The zero-order valence-corrected chi connectivity index (χ0v) is 12.6. The topological polar surface area (TPSA) is 92.5 Å². The lowest BCUT2D eigenvalue weighted by atomic mass is 10.0. The second kappa shape index (κ2) is 7.73. The maximum atomic E-state index is 11.8. The number of hydrogen-bond acceptors (Lipinski definition) is 4. The van der Waals surface area contributed by atoms with Crippen LogP contribution in [-0.2, 0) is 11.2 Å². The minimum atomic E-state index is -0.569. The third kappa shape index (κ3) is 5.51. The van der Waals surface area contributed by atoms with Gasteiger partial charge in [0.25, 0.3) is 5.69 Å². The highest BCUT2D eigenvalue weighted by Gasteiger charge is 2.15. The molecule has 21 heavy (non-hydrogen) atoms. The molecular formula is C15H22N2O4. The lowest BCUT2D eigenvalue weighted by molar-refractivity contribution is -0.385. The van der Waals surface area contributed by atoms with E-state index >= 15 is 0 Å². The number of hydrogen-bond donors (Lipinski definition) is 2. The molecule has 0 bridgehead atoms. The lowest BCUT2D eigenvalue weighted by Gasteiger charge is -2.14. The van der Waals surface area contributed by atoms with E-state index in [4.69, 9.17) is 0 Å². The molecule has 2 N–H and O–H groups in total. The SMILES string of the molecule is Cc1c(CC(=O)NCC(O)CC(C)C)cccc1[N+](=O)[O-]. The zero-order chi connectivity index (χ0) is 16.0. The summed E-state index contributed by atoms with van der Waals surface area (Å²) in [5, 5.41) is 23.2. The van der Waals surface area contributed by atoms with Crippen LogP contribution >= 0.6 is 0 Å². The van der Waals surface area contributed by atoms with Gasteiger partial charge in [0.15, 0.2) is 0 Å². The normalized spacial score (nSPS) is 12.2. The van der Waals surface area contributed by atoms with Gasteiger partial charge in [0.1, 0.15) is 0 Å². The number of nitro benzene ring substituents is 1. The fourth-order valence-corrected chi connectivity index (χ4v) is 2.15. The molecule has 0 fully saturated rings. The van der Waals surface area contributed by atoms with Crippen LogP contribution in [0.1, 0.15) is 31.4 Å². The molecule has 1 rings (SSSR count). The van der Waals surface area contributed by atoms with Gasteiger partial charge < -0.3 is 10.4 Å². The Morgan fingerprint density at radius 1 is 1.43 bits per heavy atom. The average molecular weight is 294 g/mol. The number of nitrogens with one attached hydrogen (secondary N) is 1. The summed E-state index contributed by atoms with van der Waals surface area (Å²) in [6, 6.07) is 4.69. The molecule has 0 saturated heterocycles. The molecule has 0 aromatic heterocycles. The van der Waals surface area contributed by atoms with E-state index in [0.29, 0.717) is 23.5 Å². The fraction of sp³-hybridized carbons (Fsp3) is 0.533. The van der Waals surface area contributed by atoms with Gasteiger partial charge in [-0.3, -0.25) is 14.9 Å². The van der Waals surface area contributed by atoms with Gasteiger partial charge in [-0.05, 0) is 24.8 Å². The van der Waals surface area contributed by atoms with Crippen LogP contribution in [0.5, 0.6) is 0 Å². The molecule has 0 aliphatic rings. The number of amides is 1. The Labute approximate surface area is 124 Å². The molecule has 0 spiro atoms. The Kier molecular flexibility index (Phi) is 6.30. The molecule has 0 heterocycles. The van der Waals surface area contributed by atoms with E-state index in [1.165, 1.54) is 6.07 Å². The van der Waals surface area contributed by atoms with Gasteiger partial charge in [-0.2, -0.15) is 0 Å². The van der Waals surface area contributed by atoms with Crippen LogP contribution < -0.4 is 5.32 Å². The summed E-state index contributed by atoms with van der Waals surface area (Å²) in [5.41, 5.74) is 1.14. The van der Waals surface area contributed by atoms with Crippen LogP contribution in [0.4, 0.5) is 5.69 Å². The Morgan fingerprint density at radius 3 is 2.67 bits per heavy atom. The molecule has 6 heteroatoms. The quantitative estimate of drug-likeness (QED) is 0.594. The van der Waals surface area contributed by atoms with Crippen LogP contribution in [0.3, 0.4) is 0 Å². The molecule has 0 aliphatic heterocycles. The van der Waals surface area contributed by atoms with Crippen molar-refractivity contribution in [1.29, 1.82) is 0 Å². The number of benzene rings is 1. The smallest absolute Gasteiger partial charge is 0.272 e. The number of nitrogens with zero attached hydrogens (tertiary/aromatic N) is 1. The van der Waals surface area contributed by atoms with Crippen LogP contribution in [0.15, 0.2) is 18.2 Å². The van der Waals surface area contributed by atoms with Gasteiger partial charge in [0, 0.05) is 18.2 Å². The Morgan fingerprint density at radius 2 is 2.10 bits per heavy atom. The van der Waals surface area contributed by atoms with Crippen molar-refractivity contribution in [1.82, 2.24) is 5.32 Å². The number of nitro groups is 1. The number of rotatable bonds is 7. The Balaban J connectivity index is 2.59. The van der Waals surface area contributed by atoms with E-state index in [0.717, 1.165) is 0 Å². The maximum Gasteiger partial charge on any atom is 0.272 e. The van der Waals surface area contributed by atoms with Gasteiger partial charge >= 0.3 is 0 Å². The first kappa shape index (κ1) is 17.1. The van der Waals surface area contributed by atoms with E-state index in [1.807, 2.05) is 13.8 Å². The fourth-order valence-electron chi connectivity index (χ4n) is 2.15. The molecule has 0 radical (unpaired) electrons. The summed E-state index contributed by atoms with van der Waals surface area (Å²) >= 11 is 0. The monoisotopic (exact) mass is 294 g/mol. The molecular weight excluding hydrogens is 272 g/mol. The summed E-state index contributed by atoms with van der Waals surface area (Å²) in [4.78, 5) is 22.2. The molecule has 1 amide bonds. The van der Waals surface area contributed by atoms with Crippen molar-refractivity contribution in [3.05, 3.63) is 39.4 Å². The van der Waals surface area contributed by atoms with Gasteiger partial charge in [0.05, 0.1) is 17.4 Å². The first-order valence-electron chi connectivity index (χ1n) is 6.99. The van der Waals surface area contributed by atoms with Gasteiger partial charge in [-0.15, -0.1) is 0 Å². The van der Waals surface area contributed by atoms with Crippen LogP contribution in [0, 0.1) is 23.0 Å². The van der Waals surface area contributed by atoms with E-state index in [-0.39, 0.29) is 24.6 Å². The van der Waals surface area contributed by atoms with Crippen molar-refractivity contribution in [2.75, 3.05) is 6.54 Å². The predicted molar refractivity (Wildman–Crippen MR) is 80.0 cm³/mol.